The van der Waals surface area contributed by atoms with E-state index in [1.807, 2.05) is 22.6 Å². The van der Waals surface area contributed by atoms with Crippen LogP contribution in [0.5, 0.6) is 0 Å². The molecule has 0 amide bonds. The van der Waals surface area contributed by atoms with Crippen LogP contribution in [0.1, 0.15) is 11.8 Å². The maximum absolute atomic E-state index is 6.11. The van der Waals surface area contributed by atoms with Crippen LogP contribution in [0.3, 0.4) is 0 Å². The third kappa shape index (κ3) is 1.52. The zero-order valence-corrected chi connectivity index (χ0v) is 9.74. The molecule has 0 aromatic carbocycles. The van der Waals surface area contributed by atoms with E-state index in [1.165, 1.54) is 0 Å². The van der Waals surface area contributed by atoms with Crippen LogP contribution in [0.2, 0.25) is 10.2 Å². The molecular formula is C11H8Cl2N2O. The van der Waals surface area contributed by atoms with Crippen molar-refractivity contribution >= 4 is 28.8 Å². The number of rotatable bonds is 1. The molecule has 2 aromatic rings. The monoisotopic (exact) mass is 254 g/mol. The molecule has 16 heavy (non-hydrogen) atoms. The Morgan fingerprint density at radius 1 is 1.38 bits per heavy atom. The first-order valence-electron chi connectivity index (χ1n) is 4.87. The van der Waals surface area contributed by atoms with Gasteiger partial charge in [0.25, 0.3) is 0 Å². The van der Waals surface area contributed by atoms with Crippen molar-refractivity contribution < 1.29 is 4.74 Å². The van der Waals surface area contributed by atoms with E-state index in [0.29, 0.717) is 16.8 Å². The zero-order chi connectivity index (χ0) is 11.1. The van der Waals surface area contributed by atoms with E-state index in [1.54, 1.807) is 12.3 Å². The number of pyridine rings is 1. The molecule has 3 nitrogen and oxygen atoms in total. The lowest BCUT2D eigenvalue weighted by molar-refractivity contribution is 0.125. The van der Waals surface area contributed by atoms with Crippen molar-refractivity contribution in [3.63, 3.8) is 0 Å². The van der Waals surface area contributed by atoms with Gasteiger partial charge in [0.15, 0.2) is 5.15 Å². The molecule has 1 aliphatic rings. The van der Waals surface area contributed by atoms with Crippen LogP contribution in [0.25, 0.3) is 5.65 Å². The first-order valence-corrected chi connectivity index (χ1v) is 5.62. The number of ether oxygens (including phenoxy) is 1. The smallest absolute Gasteiger partial charge is 0.154 e. The van der Waals surface area contributed by atoms with Gasteiger partial charge in [0.1, 0.15) is 11.8 Å². The maximum Gasteiger partial charge on any atom is 0.154 e. The second kappa shape index (κ2) is 3.77. The summed E-state index contributed by atoms with van der Waals surface area (Å²) in [6.45, 7) is 0.606. The van der Waals surface area contributed by atoms with Crippen LogP contribution >= 0.6 is 23.2 Å². The molecule has 5 heteroatoms. The fourth-order valence-electron chi connectivity index (χ4n) is 1.83. The molecular weight excluding hydrogens is 247 g/mol. The molecule has 0 bridgehead atoms. The van der Waals surface area contributed by atoms with Gasteiger partial charge in [0.2, 0.25) is 0 Å². The molecule has 1 aliphatic heterocycles. The SMILES string of the molecule is Clc1ccc2nc(Cl)c(C3C=CCO3)n2c1. The predicted molar refractivity (Wildman–Crippen MR) is 63.0 cm³/mol. The summed E-state index contributed by atoms with van der Waals surface area (Å²) in [6, 6.07) is 3.62. The predicted octanol–water partition coefficient (Wildman–Crippen LogP) is 3.27. The molecule has 0 fully saturated rings. The summed E-state index contributed by atoms with van der Waals surface area (Å²) in [6.07, 6.45) is 5.59. The summed E-state index contributed by atoms with van der Waals surface area (Å²) in [7, 11) is 0. The average Bonchev–Trinajstić information content (AvgIpc) is 2.83. The fourth-order valence-corrected chi connectivity index (χ4v) is 2.27. The van der Waals surface area contributed by atoms with Gasteiger partial charge in [-0.2, -0.15) is 0 Å². The van der Waals surface area contributed by atoms with E-state index in [9.17, 15) is 0 Å². The quantitative estimate of drug-likeness (QED) is 0.731. The maximum atomic E-state index is 6.11. The molecule has 0 saturated heterocycles. The minimum Gasteiger partial charge on any atom is -0.364 e. The van der Waals surface area contributed by atoms with Gasteiger partial charge < -0.3 is 4.74 Å². The van der Waals surface area contributed by atoms with Gasteiger partial charge in [-0.25, -0.2) is 4.98 Å². The van der Waals surface area contributed by atoms with Crippen LogP contribution in [-0.2, 0) is 4.74 Å². The molecule has 0 spiro atoms. The minimum absolute atomic E-state index is 0.138. The Hall–Kier alpha value is -1.03. The molecule has 0 radical (unpaired) electrons. The Bertz CT molecular complexity index is 577. The second-order valence-electron chi connectivity index (χ2n) is 3.55. The number of aromatic nitrogens is 2. The Morgan fingerprint density at radius 3 is 3.00 bits per heavy atom. The lowest BCUT2D eigenvalue weighted by atomic mass is 10.2. The zero-order valence-electron chi connectivity index (χ0n) is 8.23. The van der Waals surface area contributed by atoms with Crippen molar-refractivity contribution in [3.05, 3.63) is 46.4 Å². The third-order valence-corrected chi connectivity index (χ3v) is 3.03. The highest BCUT2D eigenvalue weighted by atomic mass is 35.5. The minimum atomic E-state index is -0.138. The Morgan fingerprint density at radius 2 is 2.25 bits per heavy atom. The molecule has 0 N–H and O–H groups in total. The van der Waals surface area contributed by atoms with Crippen molar-refractivity contribution in [2.24, 2.45) is 0 Å². The molecule has 3 heterocycles. The summed E-state index contributed by atoms with van der Waals surface area (Å²) in [4.78, 5) is 4.25. The van der Waals surface area contributed by atoms with Crippen LogP contribution in [0, 0.1) is 0 Å². The van der Waals surface area contributed by atoms with Gasteiger partial charge in [-0.1, -0.05) is 35.4 Å². The number of hydrogen-bond acceptors (Lipinski definition) is 2. The topological polar surface area (TPSA) is 26.5 Å². The van der Waals surface area contributed by atoms with Crippen molar-refractivity contribution in [2.75, 3.05) is 6.61 Å². The van der Waals surface area contributed by atoms with E-state index in [2.05, 4.69) is 4.98 Å². The summed E-state index contributed by atoms with van der Waals surface area (Å²) < 4.78 is 7.39. The van der Waals surface area contributed by atoms with Crippen LogP contribution in [0.15, 0.2) is 30.5 Å². The standard InChI is InChI=1S/C11H8Cl2N2O/c12-7-3-4-9-14-11(13)10(15(9)6-7)8-2-1-5-16-8/h1-4,6,8H,5H2. The summed E-state index contributed by atoms with van der Waals surface area (Å²) in [5, 5.41) is 1.10. The normalized spacial score (nSPS) is 19.8. The number of nitrogens with zero attached hydrogens (tertiary/aromatic N) is 2. The third-order valence-electron chi connectivity index (χ3n) is 2.53. The van der Waals surface area contributed by atoms with Gasteiger partial charge in [-0.3, -0.25) is 4.40 Å². The molecule has 1 unspecified atom stereocenters. The molecule has 0 saturated carbocycles. The van der Waals surface area contributed by atoms with Crippen molar-refractivity contribution in [1.82, 2.24) is 9.38 Å². The second-order valence-corrected chi connectivity index (χ2v) is 4.34. The van der Waals surface area contributed by atoms with Crippen LogP contribution in [0.4, 0.5) is 0 Å². The van der Waals surface area contributed by atoms with Gasteiger partial charge >= 0.3 is 0 Å². The first-order chi connectivity index (χ1) is 7.75. The van der Waals surface area contributed by atoms with E-state index in [0.717, 1.165) is 11.3 Å². The Balaban J connectivity index is 2.25. The van der Waals surface area contributed by atoms with Gasteiger partial charge in [0, 0.05) is 6.20 Å². The number of halogens is 2. The number of fused-ring (bicyclic) bond motifs is 1. The highest BCUT2D eigenvalue weighted by Gasteiger charge is 2.21. The fraction of sp³-hybridized carbons (Fsp3) is 0.182. The largest absolute Gasteiger partial charge is 0.364 e. The average molecular weight is 255 g/mol. The molecule has 1 atom stereocenters. The molecule has 2 aromatic heterocycles. The molecule has 3 rings (SSSR count). The highest BCUT2D eigenvalue weighted by molar-refractivity contribution is 6.31. The Labute approximate surface area is 102 Å². The van der Waals surface area contributed by atoms with Crippen molar-refractivity contribution in [1.29, 1.82) is 0 Å². The molecule has 82 valence electrons. The number of hydrogen-bond donors (Lipinski definition) is 0. The van der Waals surface area contributed by atoms with Gasteiger partial charge in [-0.15, -0.1) is 0 Å². The van der Waals surface area contributed by atoms with Gasteiger partial charge in [-0.05, 0) is 12.1 Å². The van der Waals surface area contributed by atoms with Crippen LogP contribution in [-0.4, -0.2) is 16.0 Å². The van der Waals surface area contributed by atoms with Crippen molar-refractivity contribution in [3.8, 4) is 0 Å². The van der Waals surface area contributed by atoms with Gasteiger partial charge in [0.05, 0.1) is 17.3 Å². The summed E-state index contributed by atoms with van der Waals surface area (Å²) >= 11 is 12.1. The van der Waals surface area contributed by atoms with E-state index in [-0.39, 0.29) is 6.10 Å². The van der Waals surface area contributed by atoms with Crippen molar-refractivity contribution in [2.45, 2.75) is 6.10 Å². The summed E-state index contributed by atoms with van der Waals surface area (Å²) in [5.41, 5.74) is 1.60. The Kier molecular flexibility index (Phi) is 2.39. The number of imidazole rings is 1. The first kappa shape index (κ1) is 10.1. The highest BCUT2D eigenvalue weighted by Crippen LogP contribution is 2.30. The van der Waals surface area contributed by atoms with Crippen LogP contribution < -0.4 is 0 Å². The lowest BCUT2D eigenvalue weighted by Crippen LogP contribution is -2.01. The summed E-state index contributed by atoms with van der Waals surface area (Å²) in [5.74, 6) is 0. The lowest BCUT2D eigenvalue weighted by Gasteiger charge is -2.08. The van der Waals surface area contributed by atoms with E-state index >= 15 is 0 Å². The van der Waals surface area contributed by atoms with E-state index in [4.69, 9.17) is 27.9 Å². The van der Waals surface area contributed by atoms with E-state index < -0.39 is 0 Å². The molecule has 0 aliphatic carbocycles.